The van der Waals surface area contributed by atoms with Crippen molar-refractivity contribution in [3.05, 3.63) is 71.4 Å². The molecule has 3 aromatic rings. The molecule has 0 aliphatic heterocycles. The van der Waals surface area contributed by atoms with E-state index < -0.39 is 35.7 Å². The number of aliphatic carboxylic acids is 1. The Kier molecular flexibility index (Phi) is 4.12. The molecule has 0 saturated carbocycles. The second-order valence-corrected chi connectivity index (χ2v) is 5.43. The first-order valence-corrected chi connectivity index (χ1v) is 7.24. The Morgan fingerprint density at radius 1 is 1.12 bits per heavy atom. The lowest BCUT2D eigenvalue weighted by atomic mass is 9.91. The van der Waals surface area contributed by atoms with Gasteiger partial charge in [0.2, 0.25) is 0 Å². The van der Waals surface area contributed by atoms with Crippen molar-refractivity contribution >= 4 is 22.7 Å². The number of rotatable bonds is 5. The highest BCUT2D eigenvalue weighted by Crippen LogP contribution is 2.29. The molecule has 6 heteroatoms. The second kappa shape index (κ2) is 6.23. The number of halogens is 2. The van der Waals surface area contributed by atoms with Crippen molar-refractivity contribution < 1.29 is 23.5 Å². The van der Waals surface area contributed by atoms with Gasteiger partial charge in [0, 0.05) is 29.6 Å². The van der Waals surface area contributed by atoms with Crippen LogP contribution in [0.5, 0.6) is 0 Å². The van der Waals surface area contributed by atoms with Crippen LogP contribution in [0.3, 0.4) is 0 Å². The molecule has 1 aromatic heterocycles. The van der Waals surface area contributed by atoms with Gasteiger partial charge in [0.15, 0.2) is 5.78 Å². The van der Waals surface area contributed by atoms with Crippen LogP contribution in [0.25, 0.3) is 10.9 Å². The molecule has 1 heterocycles. The molecule has 3 rings (SSSR count). The number of fused-ring (bicyclic) bond motifs is 1. The number of nitrogens with one attached hydrogen (secondary N) is 1. The van der Waals surface area contributed by atoms with Gasteiger partial charge in [0.25, 0.3) is 0 Å². The summed E-state index contributed by atoms with van der Waals surface area (Å²) in [5.41, 5.74) is 0.885. The van der Waals surface area contributed by atoms with Gasteiger partial charge in [-0.15, -0.1) is 0 Å². The lowest BCUT2D eigenvalue weighted by Gasteiger charge is -2.11. The van der Waals surface area contributed by atoms with Crippen LogP contribution in [0.2, 0.25) is 0 Å². The third kappa shape index (κ3) is 2.90. The molecular weight excluding hydrogens is 316 g/mol. The largest absolute Gasteiger partial charge is 0.481 e. The fourth-order valence-corrected chi connectivity index (χ4v) is 2.72. The van der Waals surface area contributed by atoms with E-state index in [1.54, 1.807) is 24.3 Å². The van der Waals surface area contributed by atoms with E-state index in [2.05, 4.69) is 4.98 Å². The molecule has 1 atom stereocenters. The number of carbonyl (C=O) groups is 2. The van der Waals surface area contributed by atoms with E-state index >= 15 is 0 Å². The molecule has 0 amide bonds. The predicted octanol–water partition coefficient (Wildman–Crippen LogP) is 3.89. The Labute approximate surface area is 135 Å². The zero-order valence-electron chi connectivity index (χ0n) is 12.4. The third-order valence-corrected chi connectivity index (χ3v) is 3.92. The number of Topliss-reactive ketones (excluding diaryl/α,β-unsaturated/α-hetero) is 1. The summed E-state index contributed by atoms with van der Waals surface area (Å²) in [6, 6.07) is 9.71. The van der Waals surface area contributed by atoms with Crippen molar-refractivity contribution in [1.82, 2.24) is 4.98 Å². The van der Waals surface area contributed by atoms with Crippen LogP contribution in [-0.2, 0) is 4.79 Å². The summed E-state index contributed by atoms with van der Waals surface area (Å²) in [5, 5.41) is 10.2. The molecule has 0 saturated heterocycles. The van der Waals surface area contributed by atoms with Gasteiger partial charge < -0.3 is 10.1 Å². The Balaban J connectivity index is 1.95. The van der Waals surface area contributed by atoms with Crippen molar-refractivity contribution in [2.45, 2.75) is 12.3 Å². The number of aromatic amines is 1. The lowest BCUT2D eigenvalue weighted by Crippen LogP contribution is -2.17. The van der Waals surface area contributed by atoms with Crippen LogP contribution >= 0.6 is 0 Å². The van der Waals surface area contributed by atoms with Gasteiger partial charge in [0.05, 0.1) is 11.5 Å². The van der Waals surface area contributed by atoms with Crippen molar-refractivity contribution in [3.8, 4) is 0 Å². The van der Waals surface area contributed by atoms with Crippen molar-refractivity contribution in [2.75, 3.05) is 0 Å². The highest BCUT2D eigenvalue weighted by molar-refractivity contribution is 6.00. The van der Waals surface area contributed by atoms with Gasteiger partial charge >= 0.3 is 5.97 Å². The van der Waals surface area contributed by atoms with Gasteiger partial charge in [-0.25, -0.2) is 8.78 Å². The maximum atomic E-state index is 13.7. The highest BCUT2D eigenvalue weighted by Gasteiger charge is 2.27. The first-order chi connectivity index (χ1) is 11.5. The standard InChI is InChI=1S/C18H13F2NO3/c19-10-5-6-12(15(20)7-10)17(22)8-13(18(23)24)14-9-21-16-4-2-1-3-11(14)16/h1-7,9,13,21H,8H2,(H,23,24)/t13-/m0/s1. The van der Waals surface area contributed by atoms with Gasteiger partial charge in [-0.05, 0) is 23.8 Å². The number of benzene rings is 2. The average molecular weight is 329 g/mol. The number of H-pyrrole nitrogens is 1. The summed E-state index contributed by atoms with van der Waals surface area (Å²) >= 11 is 0. The number of hydrogen-bond donors (Lipinski definition) is 2. The maximum absolute atomic E-state index is 13.7. The topological polar surface area (TPSA) is 70.2 Å². The van der Waals surface area contributed by atoms with Crippen molar-refractivity contribution in [2.24, 2.45) is 0 Å². The first-order valence-electron chi connectivity index (χ1n) is 7.24. The molecule has 0 unspecified atom stereocenters. The number of carbonyl (C=O) groups excluding carboxylic acids is 1. The van der Waals surface area contributed by atoms with E-state index in [-0.39, 0.29) is 5.56 Å². The summed E-state index contributed by atoms with van der Waals surface area (Å²) in [6.07, 6.45) is 1.12. The SMILES string of the molecule is O=C(C[C@H](C(=O)O)c1c[nH]c2ccccc12)c1ccc(F)cc1F. The van der Waals surface area contributed by atoms with E-state index in [4.69, 9.17) is 0 Å². The molecule has 0 spiro atoms. The van der Waals surface area contributed by atoms with Crippen LogP contribution < -0.4 is 0 Å². The molecule has 2 N–H and O–H groups in total. The molecule has 0 fully saturated rings. The third-order valence-electron chi connectivity index (χ3n) is 3.92. The Morgan fingerprint density at radius 2 is 1.88 bits per heavy atom. The maximum Gasteiger partial charge on any atom is 0.311 e. The zero-order valence-corrected chi connectivity index (χ0v) is 12.4. The number of carboxylic acid groups (broad SMARTS) is 1. The van der Waals surface area contributed by atoms with E-state index in [0.717, 1.165) is 17.6 Å². The zero-order chi connectivity index (χ0) is 17.3. The van der Waals surface area contributed by atoms with Crippen LogP contribution in [-0.4, -0.2) is 21.8 Å². The quantitative estimate of drug-likeness (QED) is 0.698. The van der Waals surface area contributed by atoms with Gasteiger partial charge in [0.1, 0.15) is 11.6 Å². The molecule has 0 aliphatic carbocycles. The molecule has 0 aliphatic rings. The Hall–Kier alpha value is -3.02. The summed E-state index contributed by atoms with van der Waals surface area (Å²) in [5.74, 6) is -4.79. The lowest BCUT2D eigenvalue weighted by molar-refractivity contribution is -0.138. The summed E-state index contributed by atoms with van der Waals surface area (Å²) in [6.45, 7) is 0. The molecule has 4 nitrogen and oxygen atoms in total. The molecule has 24 heavy (non-hydrogen) atoms. The van der Waals surface area contributed by atoms with Crippen LogP contribution in [0.4, 0.5) is 8.78 Å². The highest BCUT2D eigenvalue weighted by atomic mass is 19.1. The monoisotopic (exact) mass is 329 g/mol. The molecule has 122 valence electrons. The smallest absolute Gasteiger partial charge is 0.311 e. The first kappa shape index (κ1) is 15.9. The predicted molar refractivity (Wildman–Crippen MR) is 84.0 cm³/mol. The van der Waals surface area contributed by atoms with E-state index in [1.807, 2.05) is 0 Å². The summed E-state index contributed by atoms with van der Waals surface area (Å²) < 4.78 is 26.7. The molecule has 0 bridgehead atoms. The summed E-state index contributed by atoms with van der Waals surface area (Å²) in [4.78, 5) is 26.9. The minimum Gasteiger partial charge on any atom is -0.481 e. The number of aromatic nitrogens is 1. The van der Waals surface area contributed by atoms with E-state index in [1.165, 1.54) is 6.20 Å². The summed E-state index contributed by atoms with van der Waals surface area (Å²) in [7, 11) is 0. The van der Waals surface area contributed by atoms with E-state index in [9.17, 15) is 23.5 Å². The average Bonchev–Trinajstić information content (AvgIpc) is 2.96. The van der Waals surface area contributed by atoms with Crippen molar-refractivity contribution in [1.29, 1.82) is 0 Å². The normalized spacial score (nSPS) is 12.2. The number of carboxylic acids is 1. The minimum atomic E-state index is -1.18. The van der Waals surface area contributed by atoms with Crippen LogP contribution in [0, 0.1) is 11.6 Å². The number of hydrogen-bond acceptors (Lipinski definition) is 2. The fraction of sp³-hybridized carbons (Fsp3) is 0.111. The van der Waals surface area contributed by atoms with E-state index in [0.29, 0.717) is 17.0 Å². The van der Waals surface area contributed by atoms with Gasteiger partial charge in [-0.1, -0.05) is 18.2 Å². The Morgan fingerprint density at radius 3 is 2.58 bits per heavy atom. The molecule has 2 aromatic carbocycles. The molecular formula is C18H13F2NO3. The molecule has 0 radical (unpaired) electrons. The number of ketones is 1. The minimum absolute atomic E-state index is 0.317. The van der Waals surface area contributed by atoms with Gasteiger partial charge in [-0.3, -0.25) is 9.59 Å². The van der Waals surface area contributed by atoms with Crippen LogP contribution in [0.15, 0.2) is 48.7 Å². The number of para-hydroxylation sites is 1. The Bertz CT molecular complexity index is 933. The van der Waals surface area contributed by atoms with Crippen molar-refractivity contribution in [3.63, 3.8) is 0 Å². The van der Waals surface area contributed by atoms with Crippen LogP contribution in [0.1, 0.15) is 28.3 Å². The fourth-order valence-electron chi connectivity index (χ4n) is 2.72. The van der Waals surface area contributed by atoms with Gasteiger partial charge in [-0.2, -0.15) is 0 Å². The second-order valence-electron chi connectivity index (χ2n) is 5.43.